The Labute approximate surface area is 220 Å². The summed E-state index contributed by atoms with van der Waals surface area (Å²) in [5.41, 5.74) is 7.84. The predicted molar refractivity (Wildman–Crippen MR) is 139 cm³/mol. The van der Waals surface area contributed by atoms with Crippen LogP contribution in [0.2, 0.25) is 0 Å². The van der Waals surface area contributed by atoms with Crippen molar-refractivity contribution in [2.24, 2.45) is 5.73 Å². The van der Waals surface area contributed by atoms with Gasteiger partial charge in [0.05, 0.1) is 24.5 Å². The normalized spacial score (nSPS) is 17.4. The maximum atomic E-state index is 15.0. The predicted octanol–water partition coefficient (Wildman–Crippen LogP) is 2.06. The summed E-state index contributed by atoms with van der Waals surface area (Å²) in [6.07, 6.45) is -0.852. The van der Waals surface area contributed by atoms with Crippen LogP contribution in [0.5, 0.6) is 0 Å². The highest BCUT2D eigenvalue weighted by molar-refractivity contribution is 5.98. The minimum Gasteiger partial charge on any atom is -0.442 e. The molecule has 0 aromatic heterocycles. The van der Waals surface area contributed by atoms with E-state index in [4.69, 9.17) is 10.5 Å². The summed E-state index contributed by atoms with van der Waals surface area (Å²) in [6.45, 7) is 3.91. The standard InChI is InChI=1S/C27H32FN5O5/c1-18(34)30-16-22-17-33(27(37)38-22)21-6-7-24(23(28)14-21)31-10-12-32(13-11-31)26(36)9-8-25(35)20-4-2-19(15-29)3-5-20/h2-7,14,22H,8-13,15-17,29H2,1H3,(H,30,34)/t22-/m0/s1. The molecule has 2 fully saturated rings. The number of hydrogen-bond donors (Lipinski definition) is 2. The monoisotopic (exact) mass is 525 g/mol. The number of anilines is 2. The van der Waals surface area contributed by atoms with Crippen molar-refractivity contribution in [1.82, 2.24) is 10.2 Å². The molecule has 1 atom stereocenters. The summed E-state index contributed by atoms with van der Waals surface area (Å²) in [5, 5.41) is 2.61. The third kappa shape index (κ3) is 6.46. The number of rotatable bonds is 9. The van der Waals surface area contributed by atoms with E-state index in [0.29, 0.717) is 49.7 Å². The van der Waals surface area contributed by atoms with Crippen LogP contribution >= 0.6 is 0 Å². The third-order valence-corrected chi connectivity index (χ3v) is 6.75. The lowest BCUT2D eigenvalue weighted by atomic mass is 10.0. The Balaban J connectivity index is 1.27. The van der Waals surface area contributed by atoms with Crippen molar-refractivity contribution in [3.8, 4) is 0 Å². The lowest BCUT2D eigenvalue weighted by Gasteiger charge is -2.36. The van der Waals surface area contributed by atoms with Crippen LogP contribution in [0.25, 0.3) is 0 Å². The Kier molecular flexibility index (Phi) is 8.57. The molecular formula is C27H32FN5O5. The van der Waals surface area contributed by atoms with E-state index in [1.54, 1.807) is 29.2 Å². The minimum atomic E-state index is -0.592. The second kappa shape index (κ2) is 12.0. The SMILES string of the molecule is CC(=O)NC[C@H]1CN(c2ccc(N3CCN(C(=O)CCC(=O)c4ccc(CN)cc4)CC3)c(F)c2)C(=O)O1. The average molecular weight is 526 g/mol. The smallest absolute Gasteiger partial charge is 0.414 e. The molecule has 0 bridgehead atoms. The number of cyclic esters (lactones) is 1. The van der Waals surface area contributed by atoms with E-state index in [9.17, 15) is 19.2 Å². The van der Waals surface area contributed by atoms with Crippen LogP contribution in [0, 0.1) is 5.82 Å². The highest BCUT2D eigenvalue weighted by Crippen LogP contribution is 2.28. The molecule has 3 amide bonds. The molecule has 2 heterocycles. The number of halogens is 1. The maximum Gasteiger partial charge on any atom is 0.414 e. The summed E-state index contributed by atoms with van der Waals surface area (Å²) in [7, 11) is 0. The first-order valence-corrected chi connectivity index (χ1v) is 12.6. The van der Waals surface area contributed by atoms with Gasteiger partial charge in [-0.1, -0.05) is 24.3 Å². The number of nitrogens with two attached hydrogens (primary N) is 1. The van der Waals surface area contributed by atoms with Crippen molar-refractivity contribution in [1.29, 1.82) is 0 Å². The first-order chi connectivity index (χ1) is 18.2. The van der Waals surface area contributed by atoms with Crippen molar-refractivity contribution in [3.63, 3.8) is 0 Å². The summed E-state index contributed by atoms with van der Waals surface area (Å²) < 4.78 is 20.3. The zero-order valence-corrected chi connectivity index (χ0v) is 21.3. The second-order valence-electron chi connectivity index (χ2n) is 9.38. The molecule has 10 nitrogen and oxygen atoms in total. The fraction of sp³-hybridized carbons (Fsp3) is 0.407. The highest BCUT2D eigenvalue weighted by atomic mass is 19.1. The van der Waals surface area contributed by atoms with Crippen molar-refractivity contribution >= 4 is 35.1 Å². The van der Waals surface area contributed by atoms with E-state index in [0.717, 1.165) is 5.56 Å². The molecule has 0 saturated carbocycles. The number of piperazine rings is 1. The Hall–Kier alpha value is -3.99. The number of benzene rings is 2. The number of ketones is 1. The lowest BCUT2D eigenvalue weighted by molar-refractivity contribution is -0.131. The first kappa shape index (κ1) is 27.1. The van der Waals surface area contributed by atoms with E-state index >= 15 is 4.39 Å². The first-order valence-electron chi connectivity index (χ1n) is 12.6. The number of carbonyl (C=O) groups is 4. The van der Waals surface area contributed by atoms with E-state index < -0.39 is 18.0 Å². The Morgan fingerprint density at radius 3 is 2.39 bits per heavy atom. The fourth-order valence-corrected chi connectivity index (χ4v) is 4.56. The van der Waals surface area contributed by atoms with Crippen LogP contribution in [0.15, 0.2) is 42.5 Å². The second-order valence-corrected chi connectivity index (χ2v) is 9.38. The van der Waals surface area contributed by atoms with E-state index in [2.05, 4.69) is 5.32 Å². The summed E-state index contributed by atoms with van der Waals surface area (Å²) >= 11 is 0. The topological polar surface area (TPSA) is 125 Å². The van der Waals surface area contributed by atoms with Gasteiger partial charge in [-0.2, -0.15) is 0 Å². The molecule has 2 aromatic carbocycles. The molecule has 11 heteroatoms. The average Bonchev–Trinajstić information content (AvgIpc) is 3.30. The van der Waals surface area contributed by atoms with Gasteiger partial charge in [-0.15, -0.1) is 0 Å². The molecule has 2 aromatic rings. The molecule has 202 valence electrons. The number of nitrogens with one attached hydrogen (secondary N) is 1. The van der Waals surface area contributed by atoms with Gasteiger partial charge in [0.25, 0.3) is 0 Å². The van der Waals surface area contributed by atoms with Crippen molar-refractivity contribution in [2.45, 2.75) is 32.4 Å². The van der Waals surface area contributed by atoms with Gasteiger partial charge < -0.3 is 25.6 Å². The number of Topliss-reactive ketones (excluding diaryl/α,β-unsaturated/α-hetero) is 1. The molecule has 0 spiro atoms. The Morgan fingerprint density at radius 2 is 1.76 bits per heavy atom. The molecule has 3 N–H and O–H groups in total. The van der Waals surface area contributed by atoms with Gasteiger partial charge in [0, 0.05) is 58.1 Å². The number of ether oxygens (including phenoxy) is 1. The van der Waals surface area contributed by atoms with Crippen LogP contribution in [-0.2, 0) is 20.9 Å². The van der Waals surface area contributed by atoms with Gasteiger partial charge >= 0.3 is 6.09 Å². The summed E-state index contributed by atoms with van der Waals surface area (Å²) in [4.78, 5) is 53.3. The number of hydrogen-bond acceptors (Lipinski definition) is 7. The van der Waals surface area contributed by atoms with E-state index in [1.165, 1.54) is 17.9 Å². The fourth-order valence-electron chi connectivity index (χ4n) is 4.56. The molecule has 38 heavy (non-hydrogen) atoms. The largest absolute Gasteiger partial charge is 0.442 e. The third-order valence-electron chi connectivity index (χ3n) is 6.75. The van der Waals surface area contributed by atoms with Gasteiger partial charge in [-0.25, -0.2) is 9.18 Å². The van der Waals surface area contributed by atoms with Crippen LogP contribution in [-0.4, -0.2) is 74.0 Å². The van der Waals surface area contributed by atoms with E-state index in [-0.39, 0.29) is 43.5 Å². The van der Waals surface area contributed by atoms with Gasteiger partial charge in [-0.3, -0.25) is 19.3 Å². The molecule has 4 rings (SSSR count). The van der Waals surface area contributed by atoms with Gasteiger partial charge in [0.15, 0.2) is 5.78 Å². The maximum absolute atomic E-state index is 15.0. The molecule has 2 aliphatic rings. The number of nitrogens with zero attached hydrogens (tertiary/aromatic N) is 3. The number of amides is 3. The van der Waals surface area contributed by atoms with Crippen molar-refractivity contribution < 1.29 is 28.3 Å². The molecule has 0 unspecified atom stereocenters. The van der Waals surface area contributed by atoms with Crippen molar-refractivity contribution in [3.05, 3.63) is 59.4 Å². The molecule has 0 radical (unpaired) electrons. The Morgan fingerprint density at radius 1 is 1.05 bits per heavy atom. The molecule has 0 aliphatic carbocycles. The zero-order valence-electron chi connectivity index (χ0n) is 21.3. The summed E-state index contributed by atoms with van der Waals surface area (Å²) in [5.74, 6) is -0.898. The van der Waals surface area contributed by atoms with Gasteiger partial charge in [0.2, 0.25) is 11.8 Å². The van der Waals surface area contributed by atoms with Crippen LogP contribution < -0.4 is 20.9 Å². The lowest BCUT2D eigenvalue weighted by Crippen LogP contribution is -2.49. The Bertz CT molecular complexity index is 1200. The van der Waals surface area contributed by atoms with Gasteiger partial charge in [-0.05, 0) is 23.8 Å². The highest BCUT2D eigenvalue weighted by Gasteiger charge is 2.33. The van der Waals surface area contributed by atoms with Crippen molar-refractivity contribution in [2.75, 3.05) is 49.1 Å². The molecule has 2 aliphatic heterocycles. The van der Waals surface area contributed by atoms with E-state index in [1.807, 2.05) is 17.0 Å². The van der Waals surface area contributed by atoms with Crippen LogP contribution in [0.4, 0.5) is 20.6 Å². The number of carbonyl (C=O) groups excluding carboxylic acids is 4. The zero-order chi connectivity index (χ0) is 27.2. The quantitative estimate of drug-likeness (QED) is 0.480. The molecule has 2 saturated heterocycles. The molecular weight excluding hydrogens is 493 g/mol. The minimum absolute atomic E-state index is 0.0916. The van der Waals surface area contributed by atoms with Gasteiger partial charge in [0.1, 0.15) is 11.9 Å². The summed E-state index contributed by atoms with van der Waals surface area (Å²) in [6, 6.07) is 11.6. The van der Waals surface area contributed by atoms with Crippen LogP contribution in [0.1, 0.15) is 35.7 Å². The van der Waals surface area contributed by atoms with Crippen LogP contribution in [0.3, 0.4) is 0 Å².